The van der Waals surface area contributed by atoms with Crippen LogP contribution in [0.2, 0.25) is 0 Å². The van der Waals surface area contributed by atoms with Crippen molar-refractivity contribution in [1.29, 1.82) is 0 Å². The van der Waals surface area contributed by atoms with E-state index < -0.39 is 0 Å². The summed E-state index contributed by atoms with van der Waals surface area (Å²) in [5.41, 5.74) is 8.06. The largest absolute Gasteiger partial charge is 0.399 e. The Morgan fingerprint density at radius 1 is 1.48 bits per heavy atom. The average molecular weight is 286 g/mol. The number of H-pyrrole nitrogens is 1. The summed E-state index contributed by atoms with van der Waals surface area (Å²) in [5.74, 6) is -0.0429. The summed E-state index contributed by atoms with van der Waals surface area (Å²) in [6.07, 6.45) is 4.34. The number of nitrogen functional groups attached to an aromatic ring is 1. The maximum Gasteiger partial charge on any atom is 0.253 e. The van der Waals surface area contributed by atoms with Gasteiger partial charge in [0.05, 0.1) is 5.56 Å². The zero-order valence-electron chi connectivity index (χ0n) is 12.4. The number of nitrogens with one attached hydrogen (secondary N) is 2. The third kappa shape index (κ3) is 3.03. The molecular weight excluding hydrogens is 264 g/mol. The minimum atomic E-state index is -0.0429. The van der Waals surface area contributed by atoms with Gasteiger partial charge in [-0.15, -0.1) is 0 Å². The first-order valence-electron chi connectivity index (χ1n) is 7.58. The highest BCUT2D eigenvalue weighted by atomic mass is 16.1. The van der Waals surface area contributed by atoms with Gasteiger partial charge < -0.3 is 16.0 Å². The van der Waals surface area contributed by atoms with E-state index in [1.165, 1.54) is 12.8 Å². The molecule has 5 heteroatoms. The number of anilines is 1. The molecule has 21 heavy (non-hydrogen) atoms. The predicted octanol–water partition coefficient (Wildman–Crippen LogP) is 1.96. The quantitative estimate of drug-likeness (QED) is 0.711. The van der Waals surface area contributed by atoms with Gasteiger partial charge >= 0.3 is 0 Å². The molecule has 1 heterocycles. The van der Waals surface area contributed by atoms with E-state index >= 15 is 0 Å². The Morgan fingerprint density at radius 3 is 3.00 bits per heavy atom. The molecule has 0 atom stereocenters. The summed E-state index contributed by atoms with van der Waals surface area (Å²) in [6, 6.07) is 6.30. The average Bonchev–Trinajstić information content (AvgIpc) is 3.23. The van der Waals surface area contributed by atoms with Crippen LogP contribution in [0.3, 0.4) is 0 Å². The summed E-state index contributed by atoms with van der Waals surface area (Å²) in [5, 5.41) is 3.88. The Balaban J connectivity index is 1.62. The number of nitrogens with zero attached hydrogens (tertiary/aromatic N) is 1. The molecule has 0 bridgehead atoms. The zero-order valence-corrected chi connectivity index (χ0v) is 12.4. The molecule has 0 spiro atoms. The Bertz CT molecular complexity index is 645. The molecule has 1 saturated carbocycles. The lowest BCUT2D eigenvalue weighted by molar-refractivity contribution is 0.0949. The molecule has 2 aromatic rings. The fourth-order valence-electron chi connectivity index (χ4n) is 2.77. The van der Waals surface area contributed by atoms with Crippen LogP contribution < -0.4 is 11.1 Å². The van der Waals surface area contributed by atoms with E-state index in [2.05, 4.69) is 22.1 Å². The number of likely N-dealkylation sites (N-methyl/N-ethyl adjacent to an activating group) is 1. The van der Waals surface area contributed by atoms with Gasteiger partial charge in [0.15, 0.2) is 0 Å². The van der Waals surface area contributed by atoms with Crippen LogP contribution in [0.1, 0.15) is 30.1 Å². The van der Waals surface area contributed by atoms with E-state index in [1.807, 2.05) is 18.2 Å². The second-order valence-corrected chi connectivity index (χ2v) is 5.62. The van der Waals surface area contributed by atoms with E-state index in [-0.39, 0.29) is 5.91 Å². The molecular formula is C16H22N4O. The highest BCUT2D eigenvalue weighted by Gasteiger charge is 2.27. The van der Waals surface area contributed by atoms with Gasteiger partial charge in [0.25, 0.3) is 5.91 Å². The summed E-state index contributed by atoms with van der Waals surface area (Å²) < 4.78 is 0. The van der Waals surface area contributed by atoms with Crippen LogP contribution >= 0.6 is 0 Å². The van der Waals surface area contributed by atoms with Crippen molar-refractivity contribution in [1.82, 2.24) is 15.2 Å². The maximum absolute atomic E-state index is 12.3. The van der Waals surface area contributed by atoms with Crippen LogP contribution in [0.15, 0.2) is 24.4 Å². The molecule has 1 aliphatic carbocycles. The number of aromatic nitrogens is 1. The molecule has 3 rings (SSSR count). The van der Waals surface area contributed by atoms with Gasteiger partial charge in [0, 0.05) is 41.9 Å². The van der Waals surface area contributed by atoms with Gasteiger partial charge in [0.2, 0.25) is 0 Å². The Morgan fingerprint density at radius 2 is 2.29 bits per heavy atom. The highest BCUT2D eigenvalue weighted by molar-refractivity contribution is 6.07. The van der Waals surface area contributed by atoms with Gasteiger partial charge in [-0.05, 0) is 37.6 Å². The standard InChI is InChI=1S/C16H22N4O/c1-2-20(12-4-5-12)8-7-18-16(21)14-10-19-15-6-3-11(17)9-13(14)15/h3,6,9-10,12,19H,2,4-5,7-8,17H2,1H3,(H,18,21). The van der Waals surface area contributed by atoms with Gasteiger partial charge in [-0.3, -0.25) is 9.69 Å². The number of nitrogens with two attached hydrogens (primary N) is 1. The van der Waals surface area contributed by atoms with Crippen molar-refractivity contribution in [3.8, 4) is 0 Å². The molecule has 0 saturated heterocycles. The minimum absolute atomic E-state index is 0.0429. The van der Waals surface area contributed by atoms with Crippen molar-refractivity contribution in [2.45, 2.75) is 25.8 Å². The summed E-state index contributed by atoms with van der Waals surface area (Å²) >= 11 is 0. The predicted molar refractivity (Wildman–Crippen MR) is 85.3 cm³/mol. The molecule has 4 N–H and O–H groups in total. The molecule has 5 nitrogen and oxygen atoms in total. The minimum Gasteiger partial charge on any atom is -0.399 e. The van der Waals surface area contributed by atoms with Crippen molar-refractivity contribution in [2.75, 3.05) is 25.4 Å². The SMILES string of the molecule is CCN(CCNC(=O)c1c[nH]c2ccc(N)cc12)C1CC1. The fourth-order valence-corrected chi connectivity index (χ4v) is 2.77. The Hall–Kier alpha value is -2.01. The first-order chi connectivity index (χ1) is 10.2. The van der Waals surface area contributed by atoms with Crippen molar-refractivity contribution in [2.24, 2.45) is 0 Å². The van der Waals surface area contributed by atoms with Crippen LogP contribution in [0, 0.1) is 0 Å². The number of fused-ring (bicyclic) bond motifs is 1. The maximum atomic E-state index is 12.3. The lowest BCUT2D eigenvalue weighted by Gasteiger charge is -2.19. The third-order valence-corrected chi connectivity index (χ3v) is 4.10. The van der Waals surface area contributed by atoms with E-state index in [0.29, 0.717) is 17.8 Å². The Labute approximate surface area is 124 Å². The molecule has 112 valence electrons. The molecule has 0 unspecified atom stereocenters. The smallest absolute Gasteiger partial charge is 0.253 e. The number of rotatable bonds is 6. The summed E-state index contributed by atoms with van der Waals surface area (Å²) in [6.45, 7) is 4.81. The van der Waals surface area contributed by atoms with E-state index in [0.717, 1.165) is 30.0 Å². The van der Waals surface area contributed by atoms with Gasteiger partial charge in [-0.2, -0.15) is 0 Å². The number of hydrogen-bond donors (Lipinski definition) is 3. The topological polar surface area (TPSA) is 74.2 Å². The second-order valence-electron chi connectivity index (χ2n) is 5.62. The number of aromatic amines is 1. The van der Waals surface area contributed by atoms with Crippen LogP contribution in [-0.4, -0.2) is 41.5 Å². The van der Waals surface area contributed by atoms with Crippen molar-refractivity contribution in [3.05, 3.63) is 30.0 Å². The van der Waals surface area contributed by atoms with E-state index in [9.17, 15) is 4.79 Å². The van der Waals surface area contributed by atoms with Gasteiger partial charge in [0.1, 0.15) is 0 Å². The number of carbonyl (C=O) groups excluding carboxylic acids is 1. The fraction of sp³-hybridized carbons (Fsp3) is 0.438. The molecule has 1 aromatic heterocycles. The molecule has 1 fully saturated rings. The number of benzene rings is 1. The molecule has 1 aliphatic rings. The second kappa shape index (κ2) is 5.77. The van der Waals surface area contributed by atoms with Crippen LogP contribution in [-0.2, 0) is 0 Å². The van der Waals surface area contributed by atoms with Crippen molar-refractivity contribution in [3.63, 3.8) is 0 Å². The lowest BCUT2D eigenvalue weighted by Crippen LogP contribution is -2.36. The van der Waals surface area contributed by atoms with Crippen LogP contribution in [0.4, 0.5) is 5.69 Å². The molecule has 1 aromatic carbocycles. The number of amides is 1. The lowest BCUT2D eigenvalue weighted by atomic mass is 10.1. The molecule has 0 aliphatic heterocycles. The first-order valence-corrected chi connectivity index (χ1v) is 7.58. The van der Waals surface area contributed by atoms with Crippen molar-refractivity contribution < 1.29 is 4.79 Å². The number of hydrogen-bond acceptors (Lipinski definition) is 3. The number of carbonyl (C=O) groups is 1. The van der Waals surface area contributed by atoms with E-state index in [4.69, 9.17) is 5.73 Å². The normalized spacial score (nSPS) is 14.8. The molecule has 0 radical (unpaired) electrons. The van der Waals surface area contributed by atoms with Gasteiger partial charge in [-0.25, -0.2) is 0 Å². The Kier molecular flexibility index (Phi) is 3.84. The molecule has 1 amide bonds. The van der Waals surface area contributed by atoms with E-state index in [1.54, 1.807) is 6.20 Å². The summed E-state index contributed by atoms with van der Waals surface area (Å²) in [4.78, 5) is 17.8. The van der Waals surface area contributed by atoms with Crippen LogP contribution in [0.5, 0.6) is 0 Å². The highest BCUT2D eigenvalue weighted by Crippen LogP contribution is 2.26. The first kappa shape index (κ1) is 13.9. The van der Waals surface area contributed by atoms with Crippen LogP contribution in [0.25, 0.3) is 10.9 Å². The van der Waals surface area contributed by atoms with Crippen molar-refractivity contribution >= 4 is 22.5 Å². The zero-order chi connectivity index (χ0) is 14.8. The monoisotopic (exact) mass is 286 g/mol. The van der Waals surface area contributed by atoms with Gasteiger partial charge in [-0.1, -0.05) is 6.92 Å². The summed E-state index contributed by atoms with van der Waals surface area (Å²) in [7, 11) is 0. The third-order valence-electron chi connectivity index (χ3n) is 4.10.